The third-order valence-corrected chi connectivity index (χ3v) is 6.03. The third kappa shape index (κ3) is 7.69. The number of methoxy groups -OCH3 is 1. The zero-order chi connectivity index (χ0) is 26.5. The minimum atomic E-state index is -4.57. The molecular weight excluding hydrogens is 477 g/mol. The Morgan fingerprint density at radius 1 is 1.17 bits per heavy atom. The van der Waals surface area contributed by atoms with Crippen LogP contribution in [0.15, 0.2) is 22.7 Å². The average molecular weight is 511 g/mol. The Bertz CT molecular complexity index is 1050. The number of nitrogens with zero attached hydrogens (tertiary/aromatic N) is 2. The normalized spacial score (nSPS) is 19.2. The van der Waals surface area contributed by atoms with Crippen molar-refractivity contribution in [2.24, 2.45) is 5.92 Å². The number of rotatable bonds is 5. The van der Waals surface area contributed by atoms with Gasteiger partial charge in [0.15, 0.2) is 0 Å². The van der Waals surface area contributed by atoms with Gasteiger partial charge in [0.25, 0.3) is 0 Å². The van der Waals surface area contributed by atoms with Crippen LogP contribution in [-0.4, -0.2) is 34.8 Å². The Morgan fingerprint density at radius 3 is 2.42 bits per heavy atom. The predicted molar refractivity (Wildman–Crippen MR) is 127 cm³/mol. The van der Waals surface area contributed by atoms with Crippen molar-refractivity contribution >= 4 is 11.9 Å². The van der Waals surface area contributed by atoms with E-state index in [1.54, 1.807) is 20.8 Å². The number of carbonyl (C=O) groups excluding carboxylic acids is 1. The number of amides is 1. The molecule has 0 saturated heterocycles. The molecule has 1 aromatic heterocycles. The first-order chi connectivity index (χ1) is 16.9. The standard InChI is InChI=1S/C25H33F3N4O4/c1-24(2,3)35-23(33)30-20(29)13-15-7-5-9-16(10-6-8-15)22-31-21(32-36-22)17-11-12-19(34-4)18(14-17)25(26,27)28/h11-12,14-16H,5-10,13H2,1-4H3,(H2,29,30,33). The maximum absolute atomic E-state index is 13.4. The molecule has 1 aliphatic carbocycles. The van der Waals surface area contributed by atoms with Crippen molar-refractivity contribution in [1.82, 2.24) is 15.5 Å². The number of hydrogen-bond acceptors (Lipinski definition) is 7. The van der Waals surface area contributed by atoms with Crippen LogP contribution < -0.4 is 10.1 Å². The minimum absolute atomic E-state index is 0.0203. The fourth-order valence-electron chi connectivity index (χ4n) is 4.40. The number of alkyl halides is 3. The molecule has 0 radical (unpaired) electrons. The van der Waals surface area contributed by atoms with Gasteiger partial charge in [-0.2, -0.15) is 18.2 Å². The molecule has 0 aliphatic heterocycles. The Morgan fingerprint density at radius 2 is 1.83 bits per heavy atom. The van der Waals surface area contributed by atoms with Crippen LogP contribution >= 0.6 is 0 Å². The monoisotopic (exact) mass is 510 g/mol. The summed E-state index contributed by atoms with van der Waals surface area (Å²) < 4.78 is 55.6. The molecule has 1 aliphatic rings. The average Bonchev–Trinajstić information content (AvgIpc) is 3.23. The van der Waals surface area contributed by atoms with Gasteiger partial charge in [-0.15, -0.1) is 0 Å². The Kier molecular flexibility index (Phi) is 8.63. The summed E-state index contributed by atoms with van der Waals surface area (Å²) >= 11 is 0. The number of carbonyl (C=O) groups is 1. The van der Waals surface area contributed by atoms with Gasteiger partial charge in [-0.25, -0.2) is 4.79 Å². The molecule has 1 fully saturated rings. The maximum Gasteiger partial charge on any atom is 0.419 e. The van der Waals surface area contributed by atoms with Gasteiger partial charge in [0.05, 0.1) is 12.7 Å². The summed E-state index contributed by atoms with van der Waals surface area (Å²) in [5.74, 6) is 0.704. The van der Waals surface area contributed by atoms with Gasteiger partial charge in [-0.3, -0.25) is 10.7 Å². The Balaban J connectivity index is 1.57. The van der Waals surface area contributed by atoms with E-state index in [2.05, 4.69) is 15.5 Å². The van der Waals surface area contributed by atoms with Crippen LogP contribution in [-0.2, 0) is 10.9 Å². The SMILES string of the molecule is COc1ccc(-c2noc(C3CCCC(CC(=N)NC(=O)OC(C)(C)C)CCC3)n2)cc1C(F)(F)F. The van der Waals surface area contributed by atoms with Gasteiger partial charge < -0.3 is 14.0 Å². The van der Waals surface area contributed by atoms with E-state index in [4.69, 9.17) is 19.4 Å². The molecule has 1 heterocycles. The summed E-state index contributed by atoms with van der Waals surface area (Å²) in [5.41, 5.74) is -1.31. The molecule has 1 amide bonds. The van der Waals surface area contributed by atoms with Crippen LogP contribution in [0, 0.1) is 11.3 Å². The van der Waals surface area contributed by atoms with Crippen LogP contribution in [0.1, 0.15) is 83.1 Å². The molecule has 8 nitrogen and oxygen atoms in total. The van der Waals surface area contributed by atoms with Crippen LogP contribution in [0.3, 0.4) is 0 Å². The smallest absolute Gasteiger partial charge is 0.419 e. The molecule has 0 bridgehead atoms. The van der Waals surface area contributed by atoms with Gasteiger partial charge in [-0.1, -0.05) is 18.0 Å². The minimum Gasteiger partial charge on any atom is -0.496 e. The number of aromatic nitrogens is 2. The number of amidine groups is 1. The molecular formula is C25H33F3N4O4. The van der Waals surface area contributed by atoms with E-state index >= 15 is 0 Å². The molecule has 2 N–H and O–H groups in total. The maximum atomic E-state index is 13.4. The lowest BCUT2D eigenvalue weighted by Crippen LogP contribution is -2.36. The summed E-state index contributed by atoms with van der Waals surface area (Å²) in [6, 6.07) is 3.70. The quantitative estimate of drug-likeness (QED) is 0.342. The summed E-state index contributed by atoms with van der Waals surface area (Å²) in [5, 5.41) is 14.5. The van der Waals surface area contributed by atoms with Gasteiger partial charge in [0, 0.05) is 17.9 Å². The third-order valence-electron chi connectivity index (χ3n) is 6.03. The number of benzene rings is 1. The van der Waals surface area contributed by atoms with Gasteiger partial charge in [0.1, 0.15) is 17.2 Å². The fourth-order valence-corrected chi connectivity index (χ4v) is 4.40. The van der Waals surface area contributed by atoms with Crippen molar-refractivity contribution in [2.75, 3.05) is 7.11 Å². The van der Waals surface area contributed by atoms with E-state index in [0.717, 1.165) is 44.6 Å². The van der Waals surface area contributed by atoms with E-state index < -0.39 is 23.4 Å². The number of halogens is 3. The molecule has 11 heteroatoms. The van der Waals surface area contributed by atoms with E-state index in [1.807, 2.05) is 0 Å². The van der Waals surface area contributed by atoms with Crippen molar-refractivity contribution in [3.8, 4) is 17.1 Å². The van der Waals surface area contributed by atoms with Gasteiger partial charge in [-0.05, 0) is 70.6 Å². The zero-order valence-electron chi connectivity index (χ0n) is 21.0. The Labute approximate surface area is 208 Å². The molecule has 36 heavy (non-hydrogen) atoms. The number of ether oxygens (including phenoxy) is 2. The zero-order valence-corrected chi connectivity index (χ0v) is 21.0. The van der Waals surface area contributed by atoms with E-state index in [0.29, 0.717) is 12.3 Å². The molecule has 0 spiro atoms. The second kappa shape index (κ2) is 11.3. The first kappa shape index (κ1) is 27.5. The lowest BCUT2D eigenvalue weighted by molar-refractivity contribution is -0.138. The van der Waals surface area contributed by atoms with E-state index in [1.165, 1.54) is 19.2 Å². The lowest BCUT2D eigenvalue weighted by atomic mass is 9.84. The van der Waals surface area contributed by atoms with Crippen molar-refractivity contribution in [1.29, 1.82) is 5.41 Å². The number of nitrogens with one attached hydrogen (secondary N) is 2. The van der Waals surface area contributed by atoms with Gasteiger partial charge >= 0.3 is 12.3 Å². The highest BCUT2D eigenvalue weighted by Crippen LogP contribution is 2.39. The predicted octanol–water partition coefficient (Wildman–Crippen LogP) is 6.71. The second-order valence-electron chi connectivity index (χ2n) is 10.1. The summed E-state index contributed by atoms with van der Waals surface area (Å²) in [7, 11) is 1.19. The molecule has 0 atom stereocenters. The molecule has 0 unspecified atom stereocenters. The van der Waals surface area contributed by atoms with Crippen molar-refractivity contribution in [3.05, 3.63) is 29.7 Å². The van der Waals surface area contributed by atoms with Crippen molar-refractivity contribution < 1.29 is 32.0 Å². The van der Waals surface area contributed by atoms with E-state index in [-0.39, 0.29) is 34.8 Å². The Hall–Kier alpha value is -3.11. The molecule has 3 rings (SSSR count). The van der Waals surface area contributed by atoms with Crippen molar-refractivity contribution in [3.63, 3.8) is 0 Å². The molecule has 1 aromatic carbocycles. The molecule has 2 aromatic rings. The number of hydrogen-bond donors (Lipinski definition) is 2. The molecule has 1 saturated carbocycles. The highest BCUT2D eigenvalue weighted by atomic mass is 19.4. The van der Waals surface area contributed by atoms with Crippen LogP contribution in [0.4, 0.5) is 18.0 Å². The van der Waals surface area contributed by atoms with Crippen LogP contribution in [0.2, 0.25) is 0 Å². The first-order valence-electron chi connectivity index (χ1n) is 12.0. The lowest BCUT2D eigenvalue weighted by Gasteiger charge is -2.24. The second-order valence-corrected chi connectivity index (χ2v) is 10.1. The number of alkyl carbamates (subject to hydrolysis) is 1. The van der Waals surface area contributed by atoms with Crippen molar-refractivity contribution in [2.45, 2.75) is 83.4 Å². The van der Waals surface area contributed by atoms with Crippen LogP contribution in [0.5, 0.6) is 5.75 Å². The summed E-state index contributed by atoms with van der Waals surface area (Å²) in [4.78, 5) is 16.3. The van der Waals surface area contributed by atoms with E-state index in [9.17, 15) is 18.0 Å². The highest BCUT2D eigenvalue weighted by Gasteiger charge is 2.35. The highest BCUT2D eigenvalue weighted by molar-refractivity contribution is 5.93. The summed E-state index contributed by atoms with van der Waals surface area (Å²) in [6.45, 7) is 5.31. The summed E-state index contributed by atoms with van der Waals surface area (Å²) in [6.07, 6.45) is 0.358. The largest absolute Gasteiger partial charge is 0.496 e. The first-order valence-corrected chi connectivity index (χ1v) is 12.0. The fraction of sp³-hybridized carbons (Fsp3) is 0.600. The van der Waals surface area contributed by atoms with Gasteiger partial charge in [0.2, 0.25) is 11.7 Å². The van der Waals surface area contributed by atoms with Crippen LogP contribution in [0.25, 0.3) is 11.4 Å². The molecule has 198 valence electrons. The topological polar surface area (TPSA) is 110 Å².